The second-order valence-corrected chi connectivity index (χ2v) is 4.60. The summed E-state index contributed by atoms with van der Waals surface area (Å²) in [5, 5.41) is 0. The lowest BCUT2D eigenvalue weighted by Crippen LogP contribution is -2.47. The molecule has 0 aromatic carbocycles. The van der Waals surface area contributed by atoms with Crippen LogP contribution in [0.25, 0.3) is 0 Å². The maximum absolute atomic E-state index is 11.7. The highest BCUT2D eigenvalue weighted by atomic mass is 16.6. The molecule has 1 aliphatic heterocycles. The Labute approximate surface area is 90.1 Å². The normalized spacial score (nSPS) is 29.3. The second-order valence-electron chi connectivity index (χ2n) is 4.60. The Morgan fingerprint density at radius 3 is 2.73 bits per heavy atom. The molecule has 1 unspecified atom stereocenters. The number of esters is 1. The first-order valence-corrected chi connectivity index (χ1v) is 5.78. The Bertz CT molecular complexity index is 230. The van der Waals surface area contributed by atoms with Crippen LogP contribution in [0.4, 0.5) is 0 Å². The highest BCUT2D eigenvalue weighted by molar-refractivity contribution is 5.80. The molecule has 4 nitrogen and oxygen atoms in total. The van der Waals surface area contributed by atoms with Crippen LogP contribution in [0.1, 0.15) is 38.5 Å². The molecule has 86 valence electrons. The Balaban J connectivity index is 1.76. The molecule has 15 heavy (non-hydrogen) atoms. The lowest BCUT2D eigenvalue weighted by Gasteiger charge is -2.22. The summed E-state index contributed by atoms with van der Waals surface area (Å²) in [6.45, 7) is 1.16. The highest BCUT2D eigenvalue weighted by Gasteiger charge is 2.38. The third-order valence-corrected chi connectivity index (χ3v) is 3.33. The molecule has 2 rings (SSSR count). The molecule has 0 spiro atoms. The van der Waals surface area contributed by atoms with Crippen molar-refractivity contribution in [1.29, 1.82) is 0 Å². The topological polar surface area (TPSA) is 61.6 Å². The molecule has 2 aliphatic rings. The van der Waals surface area contributed by atoms with Gasteiger partial charge in [0.15, 0.2) is 0 Å². The van der Waals surface area contributed by atoms with E-state index in [1.165, 1.54) is 0 Å². The number of carbonyl (C=O) groups is 1. The molecule has 1 saturated heterocycles. The fourth-order valence-electron chi connectivity index (χ4n) is 2.30. The zero-order valence-electron chi connectivity index (χ0n) is 9.04. The first kappa shape index (κ1) is 10.9. The van der Waals surface area contributed by atoms with Gasteiger partial charge in [-0.2, -0.15) is 0 Å². The number of ether oxygens (including phenoxy) is 2. The van der Waals surface area contributed by atoms with E-state index in [1.54, 1.807) is 0 Å². The first-order valence-electron chi connectivity index (χ1n) is 5.78. The predicted octanol–water partition coefficient (Wildman–Crippen LogP) is 0.980. The van der Waals surface area contributed by atoms with Crippen molar-refractivity contribution in [2.24, 2.45) is 5.73 Å². The van der Waals surface area contributed by atoms with Crippen molar-refractivity contribution >= 4 is 5.97 Å². The minimum Gasteiger partial charge on any atom is -0.462 e. The summed E-state index contributed by atoms with van der Waals surface area (Å²) >= 11 is 0. The van der Waals surface area contributed by atoms with Crippen molar-refractivity contribution in [3.05, 3.63) is 0 Å². The Morgan fingerprint density at radius 2 is 2.13 bits per heavy atom. The van der Waals surface area contributed by atoms with Gasteiger partial charge in [-0.15, -0.1) is 0 Å². The van der Waals surface area contributed by atoms with Crippen LogP contribution >= 0.6 is 0 Å². The third kappa shape index (κ3) is 2.49. The summed E-state index contributed by atoms with van der Waals surface area (Å²) in [6.07, 6.45) is 5.74. The first-order chi connectivity index (χ1) is 7.21. The van der Waals surface area contributed by atoms with Crippen molar-refractivity contribution in [2.75, 3.05) is 13.2 Å². The summed E-state index contributed by atoms with van der Waals surface area (Å²) in [5.74, 6) is -0.240. The van der Waals surface area contributed by atoms with Crippen LogP contribution in [0, 0.1) is 0 Å². The summed E-state index contributed by atoms with van der Waals surface area (Å²) in [6, 6.07) is 0. The molecule has 1 atom stereocenters. The minimum atomic E-state index is -0.710. The summed E-state index contributed by atoms with van der Waals surface area (Å²) in [7, 11) is 0. The van der Waals surface area contributed by atoms with Crippen molar-refractivity contribution in [3.63, 3.8) is 0 Å². The van der Waals surface area contributed by atoms with Crippen LogP contribution < -0.4 is 5.73 Å². The van der Waals surface area contributed by atoms with E-state index in [-0.39, 0.29) is 12.1 Å². The van der Waals surface area contributed by atoms with Gasteiger partial charge < -0.3 is 15.2 Å². The van der Waals surface area contributed by atoms with Crippen LogP contribution in [-0.2, 0) is 14.3 Å². The van der Waals surface area contributed by atoms with Crippen LogP contribution in [0.3, 0.4) is 0 Å². The van der Waals surface area contributed by atoms with Crippen LogP contribution in [0.5, 0.6) is 0 Å². The quantitative estimate of drug-likeness (QED) is 0.710. The second kappa shape index (κ2) is 4.49. The van der Waals surface area contributed by atoms with E-state index >= 15 is 0 Å². The van der Waals surface area contributed by atoms with Crippen molar-refractivity contribution in [1.82, 2.24) is 0 Å². The van der Waals surface area contributed by atoms with Gasteiger partial charge in [-0.1, -0.05) is 12.8 Å². The molecule has 0 radical (unpaired) electrons. The SMILES string of the molecule is NC1(C(=O)OCC2CCCO2)CCCC1. The highest BCUT2D eigenvalue weighted by Crippen LogP contribution is 2.28. The number of hydrogen-bond donors (Lipinski definition) is 1. The molecule has 0 amide bonds. The standard InChI is InChI=1S/C11H19NO3/c12-11(5-1-2-6-11)10(13)15-8-9-4-3-7-14-9/h9H,1-8,12H2. The van der Waals surface area contributed by atoms with E-state index in [0.29, 0.717) is 6.61 Å². The molecule has 1 heterocycles. The van der Waals surface area contributed by atoms with E-state index in [2.05, 4.69) is 0 Å². The van der Waals surface area contributed by atoms with Crippen LogP contribution in [0.2, 0.25) is 0 Å². The summed E-state index contributed by atoms with van der Waals surface area (Å²) in [4.78, 5) is 11.7. The molecule has 1 aliphatic carbocycles. The smallest absolute Gasteiger partial charge is 0.326 e. The maximum Gasteiger partial charge on any atom is 0.326 e. The van der Waals surface area contributed by atoms with E-state index in [0.717, 1.165) is 45.1 Å². The molecule has 2 fully saturated rings. The predicted molar refractivity (Wildman–Crippen MR) is 55.3 cm³/mol. The lowest BCUT2D eigenvalue weighted by molar-refractivity contribution is -0.153. The van der Waals surface area contributed by atoms with Gasteiger partial charge in [0.05, 0.1) is 6.10 Å². The zero-order chi connectivity index (χ0) is 10.7. The van der Waals surface area contributed by atoms with Gasteiger partial charge in [-0.05, 0) is 25.7 Å². The van der Waals surface area contributed by atoms with Gasteiger partial charge in [-0.25, -0.2) is 0 Å². The Kier molecular flexibility index (Phi) is 3.26. The number of carbonyl (C=O) groups excluding carboxylic acids is 1. The van der Waals surface area contributed by atoms with Crippen LogP contribution in [0.15, 0.2) is 0 Å². The number of hydrogen-bond acceptors (Lipinski definition) is 4. The molecule has 0 aromatic heterocycles. The number of nitrogens with two attached hydrogens (primary N) is 1. The van der Waals surface area contributed by atoms with E-state index in [9.17, 15) is 4.79 Å². The lowest BCUT2D eigenvalue weighted by atomic mass is 10.00. The zero-order valence-corrected chi connectivity index (χ0v) is 9.04. The Morgan fingerprint density at radius 1 is 1.40 bits per heavy atom. The minimum absolute atomic E-state index is 0.0963. The van der Waals surface area contributed by atoms with Gasteiger partial charge in [0.2, 0.25) is 0 Å². The van der Waals surface area contributed by atoms with Crippen molar-refractivity contribution in [3.8, 4) is 0 Å². The fourth-order valence-corrected chi connectivity index (χ4v) is 2.30. The molecule has 0 bridgehead atoms. The molecule has 0 aromatic rings. The molecule has 1 saturated carbocycles. The molecular formula is C11H19NO3. The van der Waals surface area contributed by atoms with Gasteiger partial charge in [0, 0.05) is 6.61 Å². The fraction of sp³-hybridized carbons (Fsp3) is 0.909. The largest absolute Gasteiger partial charge is 0.462 e. The van der Waals surface area contributed by atoms with Crippen molar-refractivity contribution in [2.45, 2.75) is 50.2 Å². The van der Waals surface area contributed by atoms with Gasteiger partial charge in [0.25, 0.3) is 0 Å². The van der Waals surface area contributed by atoms with Gasteiger partial charge >= 0.3 is 5.97 Å². The van der Waals surface area contributed by atoms with Gasteiger partial charge in [0.1, 0.15) is 12.1 Å². The average molecular weight is 213 g/mol. The molecule has 2 N–H and O–H groups in total. The van der Waals surface area contributed by atoms with Crippen molar-refractivity contribution < 1.29 is 14.3 Å². The van der Waals surface area contributed by atoms with Crippen LogP contribution in [-0.4, -0.2) is 30.8 Å². The van der Waals surface area contributed by atoms with E-state index in [1.807, 2.05) is 0 Å². The summed E-state index contributed by atoms with van der Waals surface area (Å²) in [5.41, 5.74) is 5.26. The monoisotopic (exact) mass is 213 g/mol. The molecule has 4 heteroatoms. The summed E-state index contributed by atoms with van der Waals surface area (Å²) < 4.78 is 10.6. The van der Waals surface area contributed by atoms with E-state index in [4.69, 9.17) is 15.2 Å². The van der Waals surface area contributed by atoms with Gasteiger partial charge in [-0.3, -0.25) is 4.79 Å². The third-order valence-electron chi connectivity index (χ3n) is 3.33. The average Bonchev–Trinajstić information content (AvgIpc) is 2.85. The molecular weight excluding hydrogens is 194 g/mol. The number of rotatable bonds is 3. The maximum atomic E-state index is 11.7. The Hall–Kier alpha value is -0.610. The van der Waals surface area contributed by atoms with E-state index < -0.39 is 5.54 Å².